The molecule has 0 saturated carbocycles. The van der Waals surface area contributed by atoms with Crippen molar-refractivity contribution >= 4 is 74.3 Å². The lowest BCUT2D eigenvalue weighted by molar-refractivity contribution is -0.138. The van der Waals surface area contributed by atoms with Crippen molar-refractivity contribution in [2.24, 2.45) is 4.99 Å². The first-order valence-electron chi connectivity index (χ1n) is 12.8. The Bertz CT molecular complexity index is 1780. The van der Waals surface area contributed by atoms with Crippen molar-refractivity contribution in [1.29, 1.82) is 0 Å². The molecule has 5 rings (SSSR count). The summed E-state index contributed by atoms with van der Waals surface area (Å²) in [6, 6.07) is 22.5. The van der Waals surface area contributed by atoms with Crippen molar-refractivity contribution in [2.75, 3.05) is 6.61 Å². The molecule has 40 heavy (non-hydrogen) atoms. The van der Waals surface area contributed by atoms with Gasteiger partial charge in [-0.1, -0.05) is 72.0 Å². The van der Waals surface area contributed by atoms with Crippen LogP contribution in [-0.2, 0) is 9.53 Å². The van der Waals surface area contributed by atoms with E-state index in [0.29, 0.717) is 20.6 Å². The molecule has 0 N–H and O–H groups in total. The Balaban J connectivity index is 1.82. The smallest absolute Gasteiger partial charge is 0.338 e. The molecule has 4 aromatic rings. The molecule has 0 saturated heterocycles. The molecule has 0 fully saturated rings. The summed E-state index contributed by atoms with van der Waals surface area (Å²) in [6.45, 7) is 5.94. The van der Waals surface area contributed by atoms with E-state index in [1.807, 2.05) is 92.7 Å². The molecule has 0 unspecified atom stereocenters. The zero-order valence-electron chi connectivity index (χ0n) is 22.1. The minimum atomic E-state index is -0.698. The first-order valence-corrected chi connectivity index (χ1v) is 15.7. The van der Waals surface area contributed by atoms with Gasteiger partial charge in [0.1, 0.15) is 5.75 Å². The van der Waals surface area contributed by atoms with Crippen LogP contribution in [0.2, 0.25) is 0 Å². The number of aromatic nitrogens is 1. The molecule has 2 heterocycles. The number of esters is 1. The molecule has 0 radical (unpaired) electrons. The Kier molecular flexibility index (Phi) is 8.91. The molecule has 1 aliphatic heterocycles. The molecule has 0 bridgehead atoms. The summed E-state index contributed by atoms with van der Waals surface area (Å²) in [6.07, 6.45) is 1.84. The lowest BCUT2D eigenvalue weighted by Gasteiger charge is -2.25. The van der Waals surface area contributed by atoms with Crippen LogP contribution in [0.15, 0.2) is 88.2 Å². The van der Waals surface area contributed by atoms with Crippen LogP contribution in [0.4, 0.5) is 0 Å². The Morgan fingerprint density at radius 2 is 1.75 bits per heavy atom. The summed E-state index contributed by atoms with van der Waals surface area (Å²) < 4.78 is 15.8. The van der Waals surface area contributed by atoms with E-state index in [4.69, 9.17) is 14.5 Å². The second kappa shape index (κ2) is 12.4. The molecule has 1 aliphatic rings. The third kappa shape index (κ3) is 5.82. The first-order chi connectivity index (χ1) is 19.3. The average molecular weight is 776 g/mol. The third-order valence-electron chi connectivity index (χ3n) is 6.17. The topological polar surface area (TPSA) is 69.9 Å². The summed E-state index contributed by atoms with van der Waals surface area (Å²) in [5.74, 6) is 0.242. The number of carbonyl (C=O) groups is 1. The fourth-order valence-electron chi connectivity index (χ4n) is 4.58. The number of hydrogen-bond donors (Lipinski definition) is 0. The molecule has 9 heteroatoms. The molecule has 0 spiro atoms. The van der Waals surface area contributed by atoms with Crippen molar-refractivity contribution < 1.29 is 14.3 Å². The quantitative estimate of drug-likeness (QED) is 0.173. The second-order valence-corrected chi connectivity index (χ2v) is 12.7. The standard InChI is InChI=1S/C31H26I2N2O4S/c1-4-38-30(37)25-26(19-11-7-5-8-12-19)34-31-35(27(25)20-13-9-6-10-14-20)29(36)24(40-31)16-21-15-22(32)17-23(33)28(21)39-18(2)3/h5-18,27H,4H2,1-3H3/b24-16-/t27-/m1/s1. The van der Waals surface area contributed by atoms with E-state index >= 15 is 0 Å². The summed E-state index contributed by atoms with van der Waals surface area (Å²) in [4.78, 5) is 33.1. The SMILES string of the molecule is CCOC(=O)C1=C(c2ccccc2)N=c2s/c(=C\c3cc(I)cc(I)c3OC(C)C)c(=O)n2[C@@H]1c1ccccc1. The van der Waals surface area contributed by atoms with Gasteiger partial charge in [-0.05, 0) is 89.7 Å². The van der Waals surface area contributed by atoms with Gasteiger partial charge in [-0.15, -0.1) is 0 Å². The normalized spacial score (nSPS) is 15.2. The predicted octanol–water partition coefficient (Wildman–Crippen LogP) is 5.93. The van der Waals surface area contributed by atoms with Crippen LogP contribution in [0.5, 0.6) is 5.75 Å². The van der Waals surface area contributed by atoms with Crippen molar-refractivity contribution in [2.45, 2.75) is 32.9 Å². The second-order valence-electron chi connectivity index (χ2n) is 9.31. The lowest BCUT2D eigenvalue weighted by atomic mass is 9.93. The van der Waals surface area contributed by atoms with Crippen LogP contribution in [-0.4, -0.2) is 23.2 Å². The van der Waals surface area contributed by atoms with Crippen LogP contribution < -0.4 is 19.6 Å². The highest BCUT2D eigenvalue weighted by atomic mass is 127. The fourth-order valence-corrected chi connectivity index (χ4v) is 7.59. The van der Waals surface area contributed by atoms with E-state index < -0.39 is 12.0 Å². The van der Waals surface area contributed by atoms with Crippen LogP contribution in [0.1, 0.15) is 43.5 Å². The van der Waals surface area contributed by atoms with Crippen LogP contribution in [0, 0.1) is 7.14 Å². The van der Waals surface area contributed by atoms with E-state index in [1.54, 1.807) is 11.5 Å². The Morgan fingerprint density at radius 1 is 1.07 bits per heavy atom. The van der Waals surface area contributed by atoms with Gasteiger partial charge >= 0.3 is 5.97 Å². The van der Waals surface area contributed by atoms with Crippen molar-refractivity contribution in [3.8, 4) is 5.75 Å². The number of halogens is 2. The Morgan fingerprint density at radius 3 is 2.40 bits per heavy atom. The van der Waals surface area contributed by atoms with Gasteiger partial charge in [-0.25, -0.2) is 9.79 Å². The van der Waals surface area contributed by atoms with E-state index in [2.05, 4.69) is 45.2 Å². The van der Waals surface area contributed by atoms with Crippen molar-refractivity contribution in [3.05, 3.63) is 122 Å². The van der Waals surface area contributed by atoms with Crippen LogP contribution in [0.3, 0.4) is 0 Å². The molecule has 0 amide bonds. The highest BCUT2D eigenvalue weighted by Gasteiger charge is 2.35. The number of hydrogen-bond acceptors (Lipinski definition) is 6. The number of carbonyl (C=O) groups excluding carboxylic acids is 1. The minimum Gasteiger partial charge on any atom is -0.489 e. The zero-order valence-corrected chi connectivity index (χ0v) is 27.2. The molecular formula is C31H26I2N2O4S. The summed E-state index contributed by atoms with van der Waals surface area (Å²) in [7, 11) is 0. The maximum absolute atomic E-state index is 14.1. The molecule has 0 aliphatic carbocycles. The highest BCUT2D eigenvalue weighted by Crippen LogP contribution is 2.35. The van der Waals surface area contributed by atoms with Crippen molar-refractivity contribution in [3.63, 3.8) is 0 Å². The van der Waals surface area contributed by atoms with E-state index in [9.17, 15) is 9.59 Å². The molecule has 1 aromatic heterocycles. The monoisotopic (exact) mass is 776 g/mol. The number of ether oxygens (including phenoxy) is 2. The number of fused-ring (bicyclic) bond motifs is 1. The highest BCUT2D eigenvalue weighted by molar-refractivity contribution is 14.1. The summed E-state index contributed by atoms with van der Waals surface area (Å²) in [5.41, 5.74) is 3.02. The van der Waals surface area contributed by atoms with Gasteiger partial charge in [0, 0.05) is 14.7 Å². The predicted molar refractivity (Wildman–Crippen MR) is 175 cm³/mol. The van der Waals surface area contributed by atoms with E-state index in [1.165, 1.54) is 11.3 Å². The lowest BCUT2D eigenvalue weighted by Crippen LogP contribution is -2.40. The summed E-state index contributed by atoms with van der Waals surface area (Å²) >= 11 is 5.84. The van der Waals surface area contributed by atoms with Gasteiger partial charge in [0.25, 0.3) is 5.56 Å². The van der Waals surface area contributed by atoms with Gasteiger partial charge in [0.15, 0.2) is 4.80 Å². The average Bonchev–Trinajstić information content (AvgIpc) is 3.25. The van der Waals surface area contributed by atoms with E-state index in [-0.39, 0.29) is 18.3 Å². The number of rotatable bonds is 7. The Labute approximate surface area is 263 Å². The Hall–Kier alpha value is -2.77. The first kappa shape index (κ1) is 28.7. The maximum atomic E-state index is 14.1. The van der Waals surface area contributed by atoms with E-state index in [0.717, 1.165) is 29.6 Å². The minimum absolute atomic E-state index is 0.0272. The molecule has 1 atom stereocenters. The summed E-state index contributed by atoms with van der Waals surface area (Å²) in [5, 5.41) is 0. The zero-order chi connectivity index (χ0) is 28.4. The molecule has 3 aromatic carbocycles. The molecule has 204 valence electrons. The van der Waals surface area contributed by atoms with Crippen molar-refractivity contribution in [1.82, 2.24) is 4.57 Å². The number of benzene rings is 3. The maximum Gasteiger partial charge on any atom is 0.338 e. The van der Waals surface area contributed by atoms with Gasteiger partial charge in [-0.3, -0.25) is 9.36 Å². The van der Waals surface area contributed by atoms with Crippen LogP contribution >= 0.6 is 56.5 Å². The number of thiazole rings is 1. The third-order valence-corrected chi connectivity index (χ3v) is 8.57. The number of nitrogens with zero attached hydrogens (tertiary/aromatic N) is 2. The van der Waals surface area contributed by atoms with Gasteiger partial charge < -0.3 is 9.47 Å². The van der Waals surface area contributed by atoms with Crippen LogP contribution in [0.25, 0.3) is 11.8 Å². The molecular weight excluding hydrogens is 750 g/mol. The van der Waals surface area contributed by atoms with Gasteiger partial charge in [-0.2, -0.15) is 0 Å². The van der Waals surface area contributed by atoms with Gasteiger partial charge in [0.2, 0.25) is 0 Å². The largest absolute Gasteiger partial charge is 0.489 e. The van der Waals surface area contributed by atoms with Gasteiger partial charge in [0.05, 0.1) is 38.1 Å². The molecule has 6 nitrogen and oxygen atoms in total. The fraction of sp³-hybridized carbons (Fsp3) is 0.194.